The number of nitrogens with two attached hydrogens (primary N) is 2. The number of anilines is 2. The third-order valence-electron chi connectivity index (χ3n) is 2.62. The Morgan fingerprint density at radius 3 is 2.38 bits per heavy atom. The first-order chi connectivity index (χ1) is 9.58. The fourth-order valence-electron chi connectivity index (χ4n) is 1.58. The Labute approximate surface area is 122 Å². The van der Waals surface area contributed by atoms with E-state index < -0.39 is 31.0 Å². The number of methoxy groups -OCH3 is 1. The summed E-state index contributed by atoms with van der Waals surface area (Å²) in [5, 5.41) is 0.102. The maximum Gasteiger partial charge on any atom is 0.390 e. The van der Waals surface area contributed by atoms with Crippen LogP contribution >= 0.6 is 11.3 Å². The maximum absolute atomic E-state index is 12.2. The van der Waals surface area contributed by atoms with Gasteiger partial charge in [-0.25, -0.2) is 4.79 Å². The number of nitrogen functional groups attached to an aromatic ring is 1. The number of esters is 1. The number of alkyl halides is 3. The standard InChI is InChI=1S/C11H14F3N3O3S/c1-17(4-3-11(12,13)14)9-5(8(16)18)6(15)7(21-9)10(19)20-2/h3-4,15H2,1-2H3,(H2,16,18). The van der Waals surface area contributed by atoms with Crippen molar-refractivity contribution >= 4 is 33.9 Å². The summed E-state index contributed by atoms with van der Waals surface area (Å²) in [5.74, 6) is -1.71. The monoisotopic (exact) mass is 325 g/mol. The van der Waals surface area contributed by atoms with E-state index in [9.17, 15) is 22.8 Å². The van der Waals surface area contributed by atoms with Crippen LogP contribution in [0.1, 0.15) is 26.5 Å². The molecule has 0 aromatic carbocycles. The molecule has 0 bridgehead atoms. The minimum absolute atomic E-state index is 0.0693. The van der Waals surface area contributed by atoms with E-state index in [0.717, 1.165) is 18.4 Å². The predicted molar refractivity (Wildman–Crippen MR) is 72.5 cm³/mol. The van der Waals surface area contributed by atoms with E-state index in [2.05, 4.69) is 4.74 Å². The zero-order valence-corrected chi connectivity index (χ0v) is 12.1. The lowest BCUT2D eigenvalue weighted by molar-refractivity contribution is -0.132. The smallest absolute Gasteiger partial charge is 0.390 e. The highest BCUT2D eigenvalue weighted by Crippen LogP contribution is 2.38. The number of carbonyl (C=O) groups excluding carboxylic acids is 2. The number of primary amides is 1. The molecular formula is C11H14F3N3O3S. The van der Waals surface area contributed by atoms with Crippen molar-refractivity contribution in [2.45, 2.75) is 12.6 Å². The number of nitrogens with zero attached hydrogens (tertiary/aromatic N) is 1. The molecule has 1 heterocycles. The molecule has 0 atom stereocenters. The van der Waals surface area contributed by atoms with Gasteiger partial charge in [-0.1, -0.05) is 0 Å². The number of rotatable bonds is 5. The molecule has 4 N–H and O–H groups in total. The van der Waals surface area contributed by atoms with E-state index in [1.165, 1.54) is 11.9 Å². The molecular weight excluding hydrogens is 311 g/mol. The summed E-state index contributed by atoms with van der Waals surface area (Å²) < 4.78 is 41.2. The van der Waals surface area contributed by atoms with Gasteiger partial charge in [0.25, 0.3) is 5.91 Å². The SMILES string of the molecule is COC(=O)c1sc(N(C)CCC(F)(F)F)c(C(N)=O)c1N. The van der Waals surface area contributed by atoms with E-state index in [-0.39, 0.29) is 21.1 Å². The van der Waals surface area contributed by atoms with Crippen molar-refractivity contribution in [3.8, 4) is 0 Å². The Kier molecular flexibility index (Phi) is 5.05. The zero-order valence-electron chi connectivity index (χ0n) is 11.3. The van der Waals surface area contributed by atoms with Crippen LogP contribution in [0.15, 0.2) is 0 Å². The van der Waals surface area contributed by atoms with Crippen molar-refractivity contribution in [1.82, 2.24) is 0 Å². The van der Waals surface area contributed by atoms with Crippen molar-refractivity contribution in [3.05, 3.63) is 10.4 Å². The highest BCUT2D eigenvalue weighted by molar-refractivity contribution is 7.19. The number of halogens is 3. The average Bonchev–Trinajstić information content (AvgIpc) is 2.72. The van der Waals surface area contributed by atoms with Crippen molar-refractivity contribution in [2.24, 2.45) is 5.73 Å². The van der Waals surface area contributed by atoms with E-state index in [4.69, 9.17) is 11.5 Å². The topological polar surface area (TPSA) is 98.6 Å². The molecule has 0 spiro atoms. The number of ether oxygens (including phenoxy) is 1. The molecule has 21 heavy (non-hydrogen) atoms. The molecule has 0 aliphatic carbocycles. The van der Waals surface area contributed by atoms with Gasteiger partial charge in [-0.3, -0.25) is 4.79 Å². The van der Waals surface area contributed by atoms with Gasteiger partial charge >= 0.3 is 12.1 Å². The highest BCUT2D eigenvalue weighted by Gasteiger charge is 2.30. The summed E-state index contributed by atoms with van der Waals surface area (Å²) in [6.45, 7) is -0.398. The van der Waals surface area contributed by atoms with Gasteiger partial charge in [-0.15, -0.1) is 11.3 Å². The average molecular weight is 325 g/mol. The lowest BCUT2D eigenvalue weighted by Crippen LogP contribution is -2.25. The van der Waals surface area contributed by atoms with Gasteiger partial charge in [-0.05, 0) is 0 Å². The Bertz CT molecular complexity index is 557. The number of hydrogen-bond acceptors (Lipinski definition) is 6. The molecule has 1 aromatic heterocycles. The van der Waals surface area contributed by atoms with Crippen LogP contribution in [0.25, 0.3) is 0 Å². The van der Waals surface area contributed by atoms with Gasteiger partial charge in [0, 0.05) is 13.6 Å². The molecule has 1 rings (SSSR count). The molecule has 0 saturated carbocycles. The Hall–Kier alpha value is -1.97. The minimum atomic E-state index is -4.34. The second kappa shape index (κ2) is 6.20. The van der Waals surface area contributed by atoms with Crippen LogP contribution in [0.4, 0.5) is 23.9 Å². The molecule has 0 aliphatic heterocycles. The normalized spacial score (nSPS) is 11.3. The van der Waals surface area contributed by atoms with Gasteiger partial charge in [0.1, 0.15) is 9.88 Å². The van der Waals surface area contributed by atoms with E-state index in [1.807, 2.05) is 0 Å². The van der Waals surface area contributed by atoms with Crippen LogP contribution < -0.4 is 16.4 Å². The molecule has 10 heteroatoms. The summed E-state index contributed by atoms with van der Waals surface area (Å²) in [4.78, 5) is 24.1. The van der Waals surface area contributed by atoms with Crippen molar-refractivity contribution in [1.29, 1.82) is 0 Å². The third-order valence-corrected chi connectivity index (χ3v) is 3.92. The van der Waals surface area contributed by atoms with Crippen LogP contribution in [0.5, 0.6) is 0 Å². The highest BCUT2D eigenvalue weighted by atomic mass is 32.1. The van der Waals surface area contributed by atoms with Gasteiger partial charge in [0.05, 0.1) is 24.8 Å². The van der Waals surface area contributed by atoms with Gasteiger partial charge in [0.15, 0.2) is 0 Å². The number of thiophene rings is 1. The van der Waals surface area contributed by atoms with Crippen LogP contribution in [0.3, 0.4) is 0 Å². The molecule has 6 nitrogen and oxygen atoms in total. The summed E-state index contributed by atoms with van der Waals surface area (Å²) in [7, 11) is 2.48. The fourth-order valence-corrected chi connectivity index (χ4v) is 2.71. The van der Waals surface area contributed by atoms with Crippen LogP contribution in [-0.2, 0) is 4.74 Å². The lowest BCUT2D eigenvalue weighted by Gasteiger charge is -2.19. The van der Waals surface area contributed by atoms with Crippen LogP contribution in [-0.4, -0.2) is 38.8 Å². The van der Waals surface area contributed by atoms with Crippen LogP contribution in [0, 0.1) is 0 Å². The molecule has 0 radical (unpaired) electrons. The van der Waals surface area contributed by atoms with Gasteiger partial charge in [0.2, 0.25) is 0 Å². The summed E-state index contributed by atoms with van der Waals surface area (Å²) >= 11 is 0.764. The predicted octanol–water partition coefficient (Wildman–Crippen LogP) is 1.60. The molecule has 0 aliphatic rings. The van der Waals surface area contributed by atoms with E-state index in [0.29, 0.717) is 0 Å². The summed E-state index contributed by atoms with van der Waals surface area (Å²) in [6.07, 6.45) is -5.41. The van der Waals surface area contributed by atoms with Crippen molar-refractivity contribution < 1.29 is 27.5 Å². The first kappa shape index (κ1) is 17.1. The quantitative estimate of drug-likeness (QED) is 0.801. The molecule has 118 valence electrons. The first-order valence-electron chi connectivity index (χ1n) is 5.66. The summed E-state index contributed by atoms with van der Waals surface area (Å²) in [5.41, 5.74) is 10.5. The third kappa shape index (κ3) is 4.00. The molecule has 0 fully saturated rings. The molecule has 0 unspecified atom stereocenters. The van der Waals surface area contributed by atoms with Crippen molar-refractivity contribution in [2.75, 3.05) is 31.3 Å². The minimum Gasteiger partial charge on any atom is -0.465 e. The Morgan fingerprint density at radius 2 is 1.95 bits per heavy atom. The largest absolute Gasteiger partial charge is 0.465 e. The van der Waals surface area contributed by atoms with Gasteiger partial charge < -0.3 is 21.1 Å². The number of amides is 1. The second-order valence-electron chi connectivity index (χ2n) is 4.17. The first-order valence-corrected chi connectivity index (χ1v) is 6.48. The van der Waals surface area contributed by atoms with E-state index in [1.54, 1.807) is 0 Å². The molecule has 1 amide bonds. The Balaban J connectivity index is 3.16. The number of hydrogen-bond donors (Lipinski definition) is 2. The summed E-state index contributed by atoms with van der Waals surface area (Å²) in [6, 6.07) is 0. The second-order valence-corrected chi connectivity index (χ2v) is 5.17. The number of carbonyl (C=O) groups is 2. The maximum atomic E-state index is 12.2. The zero-order chi connectivity index (χ0) is 16.4. The molecule has 0 saturated heterocycles. The van der Waals surface area contributed by atoms with Crippen LogP contribution in [0.2, 0.25) is 0 Å². The molecule has 1 aromatic rings. The fraction of sp³-hybridized carbons (Fsp3) is 0.455. The van der Waals surface area contributed by atoms with E-state index >= 15 is 0 Å². The van der Waals surface area contributed by atoms with Crippen molar-refractivity contribution in [3.63, 3.8) is 0 Å². The lowest BCUT2D eigenvalue weighted by atomic mass is 10.2. The Morgan fingerprint density at radius 1 is 1.38 bits per heavy atom. The van der Waals surface area contributed by atoms with Gasteiger partial charge in [-0.2, -0.15) is 13.2 Å².